The van der Waals surface area contributed by atoms with Gasteiger partial charge in [0.25, 0.3) is 0 Å². The van der Waals surface area contributed by atoms with Gasteiger partial charge in [0.15, 0.2) is 0 Å². The average Bonchev–Trinajstić information content (AvgIpc) is 2.30. The van der Waals surface area contributed by atoms with Gasteiger partial charge in [-0.3, -0.25) is 0 Å². The van der Waals surface area contributed by atoms with E-state index in [9.17, 15) is 0 Å². The largest absolute Gasteiger partial charge is 0.325 e. The molecule has 0 spiro atoms. The van der Waals surface area contributed by atoms with E-state index in [2.05, 4.69) is 51.3 Å². The van der Waals surface area contributed by atoms with Crippen molar-refractivity contribution in [1.82, 2.24) is 0 Å². The maximum absolute atomic E-state index is 7.56. The minimum atomic E-state index is -3.81. The normalized spacial score (nSPS) is 9.83. The monoisotopic (exact) mass is 464 g/mol. The molecule has 0 aromatic rings. The van der Waals surface area contributed by atoms with Crippen LogP contribution < -0.4 is 0 Å². The molecule has 0 saturated heterocycles. The molecule has 0 radical (unpaired) electrons. The molecule has 0 bridgehead atoms. The zero-order valence-electron chi connectivity index (χ0n) is 14.8. The second-order valence-electron chi connectivity index (χ2n) is 4.44. The second-order valence-corrected chi connectivity index (χ2v) is 9.43. The van der Waals surface area contributed by atoms with Gasteiger partial charge >= 0.3 is 13.4 Å². The third-order valence-corrected chi connectivity index (χ3v) is 1.91. The van der Waals surface area contributed by atoms with Crippen molar-refractivity contribution < 1.29 is 48.8 Å². The molecule has 0 aliphatic heterocycles. The molecule has 0 rings (SSSR count). The molecule has 142 valence electrons. The Morgan fingerprint density at radius 2 is 0.609 bits per heavy atom. The van der Waals surface area contributed by atoms with Crippen molar-refractivity contribution in [2.45, 2.75) is 79.1 Å². The van der Waals surface area contributed by atoms with Gasteiger partial charge in [-0.2, -0.15) is 0 Å². The molecule has 23 heavy (non-hydrogen) atoms. The van der Waals surface area contributed by atoms with Crippen molar-refractivity contribution in [2.75, 3.05) is 0 Å². The van der Waals surface area contributed by atoms with Gasteiger partial charge < -0.3 is 29.4 Å². The molecule has 0 amide bonds. The quantitative estimate of drug-likeness (QED) is 0.200. The van der Waals surface area contributed by atoms with Gasteiger partial charge in [-0.25, -0.2) is 0 Å². The molecule has 0 atom stereocenters. The van der Waals surface area contributed by atoms with E-state index in [1.54, 1.807) is 0 Å². The van der Waals surface area contributed by atoms with Gasteiger partial charge in [0.2, 0.25) is 0 Å². The molecular weight excluding hydrogens is 432 g/mol. The van der Waals surface area contributed by atoms with Crippen LogP contribution in [0.15, 0.2) is 0 Å². The summed E-state index contributed by atoms with van der Waals surface area (Å²) in [7, 11) is 0. The van der Waals surface area contributed by atoms with E-state index in [0.29, 0.717) is 0 Å². The Bertz CT molecular complexity index is 234. The topological polar surface area (TPSA) is 121 Å². The third-order valence-electron chi connectivity index (χ3n) is 1.91. The minimum Gasteiger partial charge on any atom is -0.325 e. The summed E-state index contributed by atoms with van der Waals surface area (Å²) in [6.45, 7) is 1.32. The van der Waals surface area contributed by atoms with Gasteiger partial charge in [-0.1, -0.05) is 79.1 Å². The Balaban J connectivity index is -0.0000000620. The van der Waals surface area contributed by atoms with E-state index in [-0.39, 0.29) is 19.5 Å². The standard InChI is InChI=1S/2C6H14.2H3O3PS.Zn/c2*1-3-5-6-4-2;2*1-4(2,3)5;/h2*3-6H2,1-2H3;2*(H3,1,2,3,5);. The number of rotatable bonds is 6. The third kappa shape index (κ3) is 189. The van der Waals surface area contributed by atoms with Crippen molar-refractivity contribution in [1.29, 1.82) is 0 Å². The van der Waals surface area contributed by atoms with Gasteiger partial charge in [0.1, 0.15) is 0 Å². The number of unbranched alkanes of at least 4 members (excludes halogenated alkanes) is 6. The molecule has 0 aromatic heterocycles. The van der Waals surface area contributed by atoms with Crippen molar-refractivity contribution >= 4 is 37.1 Å². The first-order chi connectivity index (χ1) is 9.83. The summed E-state index contributed by atoms with van der Waals surface area (Å²) in [5.41, 5.74) is 0. The SMILES string of the molecule is CCCCCC.CCCCCC.OP(O)(O)=S.OP(O)(O)=S.[Zn]. The summed E-state index contributed by atoms with van der Waals surface area (Å²) in [6.07, 6.45) is 11.1. The van der Waals surface area contributed by atoms with E-state index in [1.807, 2.05) is 0 Å². The van der Waals surface area contributed by atoms with Crippen molar-refractivity contribution in [2.24, 2.45) is 0 Å². The van der Waals surface area contributed by atoms with E-state index >= 15 is 0 Å². The Labute approximate surface area is 164 Å². The van der Waals surface area contributed by atoms with Crippen molar-refractivity contribution in [3.63, 3.8) is 0 Å². The molecule has 6 N–H and O–H groups in total. The predicted molar refractivity (Wildman–Crippen MR) is 102 cm³/mol. The first-order valence-electron chi connectivity index (χ1n) is 7.39. The summed E-state index contributed by atoms with van der Waals surface area (Å²) >= 11 is 7.21. The molecule has 11 heteroatoms. The van der Waals surface area contributed by atoms with Crippen molar-refractivity contribution in [3.8, 4) is 0 Å². The van der Waals surface area contributed by atoms with Crippen LogP contribution in [0.1, 0.15) is 79.1 Å². The van der Waals surface area contributed by atoms with Gasteiger partial charge in [-0.05, 0) is 23.6 Å². The Kier molecular flexibility index (Phi) is 40.3. The molecule has 0 unspecified atom stereocenters. The fourth-order valence-electron chi connectivity index (χ4n) is 1.000. The molecular formula is C12H34O6P2S2Zn. The molecule has 6 nitrogen and oxygen atoms in total. The smallest absolute Gasteiger partial charge is 0.319 e. The Morgan fingerprint density at radius 3 is 0.652 bits per heavy atom. The van der Waals surface area contributed by atoms with Gasteiger partial charge in [0.05, 0.1) is 0 Å². The second kappa shape index (κ2) is 25.9. The first-order valence-corrected chi connectivity index (χ1v) is 12.7. The average molecular weight is 466 g/mol. The fourth-order valence-corrected chi connectivity index (χ4v) is 1.000. The van der Waals surface area contributed by atoms with Crippen LogP contribution >= 0.6 is 13.4 Å². The molecule has 0 aliphatic carbocycles. The number of hydrogen-bond acceptors (Lipinski definition) is 2. The summed E-state index contributed by atoms with van der Waals surface area (Å²) in [6, 6.07) is 0. The van der Waals surface area contributed by atoms with Gasteiger partial charge in [-0.15, -0.1) is 0 Å². The summed E-state index contributed by atoms with van der Waals surface area (Å²) in [5.74, 6) is 0. The predicted octanol–water partition coefficient (Wildman–Crippen LogP) is 3.55. The maximum Gasteiger partial charge on any atom is 0.319 e. The zero-order chi connectivity index (χ0) is 18.7. The van der Waals surface area contributed by atoms with Crippen LogP contribution in [0.3, 0.4) is 0 Å². The summed E-state index contributed by atoms with van der Waals surface area (Å²) in [4.78, 5) is 45.3. The van der Waals surface area contributed by atoms with Crippen LogP contribution in [0.2, 0.25) is 0 Å². The van der Waals surface area contributed by atoms with E-state index in [4.69, 9.17) is 29.4 Å². The molecule has 0 saturated carbocycles. The molecule has 0 fully saturated rings. The number of hydrogen-bond donors (Lipinski definition) is 6. The Hall–Kier alpha value is 1.68. The van der Waals surface area contributed by atoms with E-state index < -0.39 is 13.4 Å². The maximum atomic E-state index is 7.56. The van der Waals surface area contributed by atoms with Gasteiger partial charge in [0, 0.05) is 19.5 Å². The summed E-state index contributed by atoms with van der Waals surface area (Å²) in [5, 5.41) is 0. The van der Waals surface area contributed by atoms with Crippen molar-refractivity contribution in [3.05, 3.63) is 0 Å². The minimum absolute atomic E-state index is 0. The first kappa shape index (κ1) is 35.7. The fraction of sp³-hybridized carbons (Fsp3) is 1.00. The van der Waals surface area contributed by atoms with Crippen LogP contribution in [0, 0.1) is 0 Å². The molecule has 0 aromatic carbocycles. The zero-order valence-corrected chi connectivity index (χ0v) is 21.1. The van der Waals surface area contributed by atoms with Crippen LogP contribution in [-0.2, 0) is 43.1 Å². The Morgan fingerprint density at radius 1 is 0.522 bits per heavy atom. The molecule has 0 aliphatic rings. The summed E-state index contributed by atoms with van der Waals surface area (Å²) < 4.78 is 0. The van der Waals surface area contributed by atoms with Crippen LogP contribution in [0.4, 0.5) is 0 Å². The van der Waals surface area contributed by atoms with E-state index in [1.165, 1.54) is 51.4 Å². The van der Waals surface area contributed by atoms with E-state index in [0.717, 1.165) is 0 Å². The van der Waals surface area contributed by atoms with Crippen LogP contribution in [0.25, 0.3) is 0 Å². The van der Waals surface area contributed by atoms with Crippen LogP contribution in [-0.4, -0.2) is 29.4 Å². The molecule has 0 heterocycles. The van der Waals surface area contributed by atoms with Crippen LogP contribution in [0.5, 0.6) is 0 Å².